The highest BCUT2D eigenvalue weighted by molar-refractivity contribution is 9.10. The summed E-state index contributed by atoms with van der Waals surface area (Å²) < 4.78 is 37.3. The van der Waals surface area contributed by atoms with Gasteiger partial charge in [0.2, 0.25) is 5.91 Å². The SMILES string of the molecule is O=C1C(Br)CCCN1Cc1ccc(C(F)(F)F)cc1. The minimum Gasteiger partial charge on any atom is -0.337 e. The molecule has 0 N–H and O–H groups in total. The third kappa shape index (κ3) is 3.49. The Kier molecular flexibility index (Phi) is 4.18. The zero-order valence-corrected chi connectivity index (χ0v) is 11.7. The molecule has 2 rings (SSSR count). The monoisotopic (exact) mass is 335 g/mol. The minimum atomic E-state index is -4.32. The molecule has 1 aromatic rings. The van der Waals surface area contributed by atoms with Crippen LogP contribution < -0.4 is 0 Å². The van der Waals surface area contributed by atoms with E-state index in [1.165, 1.54) is 12.1 Å². The minimum absolute atomic E-state index is 0.00569. The number of likely N-dealkylation sites (tertiary alicyclic amines) is 1. The van der Waals surface area contributed by atoms with Crippen LogP contribution in [0.25, 0.3) is 0 Å². The number of hydrogen-bond donors (Lipinski definition) is 0. The molecule has 104 valence electrons. The molecule has 0 saturated carbocycles. The Morgan fingerprint density at radius 1 is 1.26 bits per heavy atom. The number of benzene rings is 1. The maximum absolute atomic E-state index is 12.4. The molecule has 0 spiro atoms. The second-order valence-electron chi connectivity index (χ2n) is 4.56. The first-order chi connectivity index (χ1) is 8.88. The van der Waals surface area contributed by atoms with Crippen molar-refractivity contribution in [2.24, 2.45) is 0 Å². The van der Waals surface area contributed by atoms with Crippen molar-refractivity contribution in [1.29, 1.82) is 0 Å². The lowest BCUT2D eigenvalue weighted by Crippen LogP contribution is -2.41. The summed E-state index contributed by atoms with van der Waals surface area (Å²) in [5.41, 5.74) is 0.0440. The smallest absolute Gasteiger partial charge is 0.337 e. The van der Waals surface area contributed by atoms with Crippen molar-refractivity contribution in [2.45, 2.75) is 30.4 Å². The number of piperidine rings is 1. The molecular formula is C13H13BrF3NO. The third-order valence-electron chi connectivity index (χ3n) is 3.12. The van der Waals surface area contributed by atoms with Gasteiger partial charge in [-0.2, -0.15) is 13.2 Å². The first-order valence-electron chi connectivity index (χ1n) is 5.97. The van der Waals surface area contributed by atoms with Crippen molar-refractivity contribution in [1.82, 2.24) is 4.90 Å². The Morgan fingerprint density at radius 2 is 1.89 bits per heavy atom. The largest absolute Gasteiger partial charge is 0.416 e. The molecule has 1 aliphatic rings. The second kappa shape index (κ2) is 5.53. The molecule has 1 aromatic carbocycles. The molecule has 1 heterocycles. The summed E-state index contributed by atoms with van der Waals surface area (Å²) in [7, 11) is 0. The Labute approximate surface area is 117 Å². The molecule has 0 radical (unpaired) electrons. The topological polar surface area (TPSA) is 20.3 Å². The molecule has 19 heavy (non-hydrogen) atoms. The number of nitrogens with zero attached hydrogens (tertiary/aromatic N) is 1. The number of carbonyl (C=O) groups is 1. The molecule has 1 saturated heterocycles. The Morgan fingerprint density at radius 3 is 2.47 bits per heavy atom. The van der Waals surface area contributed by atoms with Crippen LogP contribution in [0.5, 0.6) is 0 Å². The summed E-state index contributed by atoms with van der Waals surface area (Å²) in [5.74, 6) is 0.00569. The fraction of sp³-hybridized carbons (Fsp3) is 0.462. The lowest BCUT2D eigenvalue weighted by molar-refractivity contribution is -0.137. The zero-order valence-electron chi connectivity index (χ0n) is 10.1. The van der Waals surface area contributed by atoms with E-state index in [1.54, 1.807) is 4.90 Å². The molecule has 1 atom stereocenters. The predicted molar refractivity (Wildman–Crippen MR) is 68.8 cm³/mol. The van der Waals surface area contributed by atoms with Crippen molar-refractivity contribution >= 4 is 21.8 Å². The van der Waals surface area contributed by atoms with Crippen LogP contribution in [-0.4, -0.2) is 22.2 Å². The number of hydrogen-bond acceptors (Lipinski definition) is 1. The van der Waals surface area contributed by atoms with Crippen LogP contribution in [0.3, 0.4) is 0 Å². The highest BCUT2D eigenvalue weighted by Gasteiger charge is 2.30. The maximum atomic E-state index is 12.4. The van der Waals surface area contributed by atoms with Crippen LogP contribution >= 0.6 is 15.9 Å². The summed E-state index contributed by atoms with van der Waals surface area (Å²) >= 11 is 3.31. The van der Waals surface area contributed by atoms with Gasteiger partial charge in [0.25, 0.3) is 0 Å². The lowest BCUT2D eigenvalue weighted by atomic mass is 10.1. The van der Waals surface area contributed by atoms with E-state index in [-0.39, 0.29) is 10.7 Å². The third-order valence-corrected chi connectivity index (χ3v) is 3.97. The first-order valence-corrected chi connectivity index (χ1v) is 6.88. The van der Waals surface area contributed by atoms with Gasteiger partial charge in [-0.05, 0) is 30.5 Å². The van der Waals surface area contributed by atoms with Crippen molar-refractivity contribution in [3.63, 3.8) is 0 Å². The lowest BCUT2D eigenvalue weighted by Gasteiger charge is -2.29. The van der Waals surface area contributed by atoms with Crippen LogP contribution in [0.15, 0.2) is 24.3 Å². The van der Waals surface area contributed by atoms with E-state index in [0.29, 0.717) is 18.7 Å². The Hall–Kier alpha value is -1.04. The summed E-state index contributed by atoms with van der Waals surface area (Å²) in [5, 5.41) is 0. The van der Waals surface area contributed by atoms with Crippen molar-refractivity contribution in [3.8, 4) is 0 Å². The molecule has 0 aliphatic carbocycles. The van der Waals surface area contributed by atoms with Gasteiger partial charge in [0.1, 0.15) is 0 Å². The molecule has 1 fully saturated rings. The van der Waals surface area contributed by atoms with Gasteiger partial charge >= 0.3 is 6.18 Å². The van der Waals surface area contributed by atoms with E-state index >= 15 is 0 Å². The fourth-order valence-corrected chi connectivity index (χ4v) is 2.68. The summed E-state index contributed by atoms with van der Waals surface area (Å²) in [6, 6.07) is 4.95. The number of amides is 1. The zero-order chi connectivity index (χ0) is 14.0. The first kappa shape index (κ1) is 14.4. The van der Waals surface area contributed by atoms with Gasteiger partial charge in [0, 0.05) is 13.1 Å². The number of rotatable bonds is 2. The average Bonchev–Trinajstić information content (AvgIpc) is 2.35. The average molecular weight is 336 g/mol. The summed E-state index contributed by atoms with van der Waals surface area (Å²) in [6.07, 6.45) is -2.61. The Bertz CT molecular complexity index is 458. The fourth-order valence-electron chi connectivity index (χ4n) is 2.07. The van der Waals surface area contributed by atoms with Gasteiger partial charge in [0.15, 0.2) is 0 Å². The van der Waals surface area contributed by atoms with E-state index in [2.05, 4.69) is 15.9 Å². The van der Waals surface area contributed by atoms with E-state index in [1.807, 2.05) is 0 Å². The quantitative estimate of drug-likeness (QED) is 0.756. The van der Waals surface area contributed by atoms with E-state index in [0.717, 1.165) is 25.0 Å². The van der Waals surface area contributed by atoms with Crippen molar-refractivity contribution < 1.29 is 18.0 Å². The second-order valence-corrected chi connectivity index (χ2v) is 5.67. The van der Waals surface area contributed by atoms with Crippen LogP contribution in [0, 0.1) is 0 Å². The van der Waals surface area contributed by atoms with Crippen LogP contribution in [0.2, 0.25) is 0 Å². The normalized spacial score (nSPS) is 20.7. The van der Waals surface area contributed by atoms with E-state index in [9.17, 15) is 18.0 Å². The molecule has 0 aromatic heterocycles. The summed E-state index contributed by atoms with van der Waals surface area (Å²) in [6.45, 7) is 1.01. The number of halogens is 4. The highest BCUT2D eigenvalue weighted by Crippen LogP contribution is 2.29. The number of alkyl halides is 4. The summed E-state index contributed by atoms with van der Waals surface area (Å²) in [4.78, 5) is 13.4. The van der Waals surface area contributed by atoms with Crippen LogP contribution in [-0.2, 0) is 17.5 Å². The molecule has 2 nitrogen and oxygen atoms in total. The van der Waals surface area contributed by atoms with E-state index in [4.69, 9.17) is 0 Å². The van der Waals surface area contributed by atoms with Gasteiger partial charge in [-0.25, -0.2) is 0 Å². The van der Waals surface area contributed by atoms with E-state index < -0.39 is 11.7 Å². The van der Waals surface area contributed by atoms with Gasteiger partial charge < -0.3 is 4.90 Å². The Balaban J connectivity index is 2.05. The van der Waals surface area contributed by atoms with Gasteiger partial charge in [0.05, 0.1) is 10.4 Å². The number of carbonyl (C=O) groups excluding carboxylic acids is 1. The molecule has 1 amide bonds. The standard InChI is InChI=1S/C13H13BrF3NO/c14-11-2-1-7-18(12(11)19)8-9-3-5-10(6-4-9)13(15,16)17/h3-6,11H,1-2,7-8H2. The van der Waals surface area contributed by atoms with Crippen LogP contribution in [0.4, 0.5) is 13.2 Å². The van der Waals surface area contributed by atoms with Crippen molar-refractivity contribution in [3.05, 3.63) is 35.4 Å². The molecule has 6 heteroatoms. The van der Waals surface area contributed by atoms with Gasteiger partial charge in [-0.1, -0.05) is 28.1 Å². The molecule has 1 unspecified atom stereocenters. The molecule has 0 bridgehead atoms. The maximum Gasteiger partial charge on any atom is 0.416 e. The van der Waals surface area contributed by atoms with Gasteiger partial charge in [-0.15, -0.1) is 0 Å². The predicted octanol–water partition coefficient (Wildman–Crippen LogP) is 3.59. The van der Waals surface area contributed by atoms with Crippen molar-refractivity contribution in [2.75, 3.05) is 6.54 Å². The molecular weight excluding hydrogens is 323 g/mol. The molecule has 1 aliphatic heterocycles. The van der Waals surface area contributed by atoms with Crippen LogP contribution in [0.1, 0.15) is 24.0 Å². The van der Waals surface area contributed by atoms with Gasteiger partial charge in [-0.3, -0.25) is 4.79 Å². The highest BCUT2D eigenvalue weighted by atomic mass is 79.9.